The number of benzene rings is 2. The third kappa shape index (κ3) is 3.46. The summed E-state index contributed by atoms with van der Waals surface area (Å²) in [6, 6.07) is 13.2. The van der Waals surface area contributed by atoms with Crippen molar-refractivity contribution in [1.82, 2.24) is 0 Å². The largest absolute Gasteiger partial charge is 0.491 e. The summed E-state index contributed by atoms with van der Waals surface area (Å²) in [7, 11) is 0. The van der Waals surface area contributed by atoms with E-state index >= 15 is 0 Å². The lowest BCUT2D eigenvalue weighted by molar-refractivity contribution is 0.102. The predicted molar refractivity (Wildman–Crippen MR) is 85.5 cm³/mol. The number of para-hydroxylation sites is 1. The quantitative estimate of drug-likeness (QED) is 0.861. The van der Waals surface area contributed by atoms with Crippen LogP contribution in [0.15, 0.2) is 42.5 Å². The van der Waals surface area contributed by atoms with Crippen LogP contribution in [-0.4, -0.2) is 25.2 Å². The van der Waals surface area contributed by atoms with E-state index in [1.165, 1.54) is 0 Å². The smallest absolute Gasteiger partial charge is 0.256 e. The second kappa shape index (κ2) is 6.20. The van der Waals surface area contributed by atoms with Gasteiger partial charge in [0, 0.05) is 11.3 Å². The molecule has 1 amide bonds. The summed E-state index contributed by atoms with van der Waals surface area (Å²) in [5, 5.41) is 2.92. The van der Waals surface area contributed by atoms with E-state index < -0.39 is 0 Å². The first-order chi connectivity index (χ1) is 10.6. The van der Waals surface area contributed by atoms with E-state index in [9.17, 15) is 4.79 Å². The molecule has 0 spiro atoms. The molecule has 0 aromatic heterocycles. The molecule has 1 aliphatic rings. The van der Waals surface area contributed by atoms with Gasteiger partial charge in [0.25, 0.3) is 5.91 Å². The molecule has 1 N–H and O–H groups in total. The van der Waals surface area contributed by atoms with Gasteiger partial charge in [0.2, 0.25) is 0 Å². The van der Waals surface area contributed by atoms with Gasteiger partial charge >= 0.3 is 0 Å². The Bertz CT molecular complexity index is 655. The van der Waals surface area contributed by atoms with E-state index in [-0.39, 0.29) is 12.0 Å². The molecule has 2 aromatic rings. The predicted octanol–water partition coefficient (Wildman–Crippen LogP) is 3.33. The van der Waals surface area contributed by atoms with Crippen molar-refractivity contribution in [3.8, 4) is 5.75 Å². The van der Waals surface area contributed by atoms with Gasteiger partial charge in [0.05, 0.1) is 6.61 Å². The topological polar surface area (TPSA) is 50.9 Å². The Morgan fingerprint density at radius 1 is 1.23 bits per heavy atom. The molecule has 0 saturated carbocycles. The minimum Gasteiger partial charge on any atom is -0.491 e. The molecule has 1 unspecified atom stereocenters. The van der Waals surface area contributed by atoms with Crippen LogP contribution in [-0.2, 0) is 4.74 Å². The van der Waals surface area contributed by atoms with Crippen LogP contribution in [0.4, 0.5) is 5.69 Å². The lowest BCUT2D eigenvalue weighted by Gasteiger charge is -2.13. The van der Waals surface area contributed by atoms with E-state index in [2.05, 4.69) is 5.32 Å². The third-order valence-corrected chi connectivity index (χ3v) is 3.60. The number of amides is 1. The molecule has 22 heavy (non-hydrogen) atoms. The number of hydrogen-bond donors (Lipinski definition) is 1. The highest BCUT2D eigenvalue weighted by molar-refractivity contribution is 6.06. The highest BCUT2D eigenvalue weighted by atomic mass is 16.6. The summed E-state index contributed by atoms with van der Waals surface area (Å²) in [5.74, 6) is 0.681. The van der Waals surface area contributed by atoms with Gasteiger partial charge in [0.1, 0.15) is 18.5 Å². The van der Waals surface area contributed by atoms with Gasteiger partial charge in [-0.3, -0.25) is 4.79 Å². The van der Waals surface area contributed by atoms with E-state index in [1.807, 2.05) is 56.3 Å². The van der Waals surface area contributed by atoms with Gasteiger partial charge in [-0.1, -0.05) is 18.2 Å². The number of aryl methyl sites for hydroxylation is 2. The Morgan fingerprint density at radius 3 is 2.45 bits per heavy atom. The standard InChI is InChI=1S/C18H19NO3/c1-12-8-15(21-10-16-11-22-16)9-13(2)17(12)18(20)19-14-6-4-3-5-7-14/h3-9,16H,10-11H2,1-2H3,(H,19,20). The first-order valence-corrected chi connectivity index (χ1v) is 7.35. The van der Waals surface area contributed by atoms with Crippen molar-refractivity contribution in [3.63, 3.8) is 0 Å². The molecule has 1 saturated heterocycles. The number of carbonyl (C=O) groups is 1. The minimum absolute atomic E-state index is 0.0988. The van der Waals surface area contributed by atoms with Gasteiger partial charge in [-0.15, -0.1) is 0 Å². The molecule has 0 aliphatic carbocycles. The first-order valence-electron chi connectivity index (χ1n) is 7.35. The van der Waals surface area contributed by atoms with Gasteiger partial charge in [-0.25, -0.2) is 0 Å². The summed E-state index contributed by atoms with van der Waals surface area (Å²) < 4.78 is 10.8. The number of ether oxygens (including phenoxy) is 2. The fourth-order valence-corrected chi connectivity index (χ4v) is 2.43. The van der Waals surface area contributed by atoms with Gasteiger partial charge in [-0.2, -0.15) is 0 Å². The first kappa shape index (κ1) is 14.6. The average Bonchev–Trinajstić information content (AvgIpc) is 3.29. The van der Waals surface area contributed by atoms with Crippen molar-refractivity contribution >= 4 is 11.6 Å². The zero-order valence-corrected chi connectivity index (χ0v) is 12.8. The Balaban J connectivity index is 1.76. The zero-order valence-electron chi connectivity index (χ0n) is 12.8. The van der Waals surface area contributed by atoms with Crippen molar-refractivity contribution in [2.24, 2.45) is 0 Å². The van der Waals surface area contributed by atoms with Gasteiger partial charge < -0.3 is 14.8 Å². The molecule has 3 rings (SSSR count). The molecule has 1 atom stereocenters. The monoisotopic (exact) mass is 297 g/mol. The maximum atomic E-state index is 12.5. The number of carbonyl (C=O) groups excluding carboxylic acids is 1. The number of hydrogen-bond acceptors (Lipinski definition) is 3. The molecule has 114 valence electrons. The molecular weight excluding hydrogens is 278 g/mol. The van der Waals surface area contributed by atoms with Crippen LogP contribution in [0.1, 0.15) is 21.5 Å². The Kier molecular flexibility index (Phi) is 4.11. The van der Waals surface area contributed by atoms with Crippen LogP contribution < -0.4 is 10.1 Å². The fourth-order valence-electron chi connectivity index (χ4n) is 2.43. The molecule has 4 heteroatoms. The second-order valence-electron chi connectivity index (χ2n) is 5.52. The molecular formula is C18H19NO3. The number of epoxide rings is 1. The van der Waals surface area contributed by atoms with Crippen molar-refractivity contribution in [1.29, 1.82) is 0 Å². The van der Waals surface area contributed by atoms with Gasteiger partial charge in [0.15, 0.2) is 0 Å². The lowest BCUT2D eigenvalue weighted by atomic mass is 10.0. The van der Waals surface area contributed by atoms with Crippen LogP contribution in [0.25, 0.3) is 0 Å². The van der Waals surface area contributed by atoms with Crippen molar-refractivity contribution < 1.29 is 14.3 Å². The van der Waals surface area contributed by atoms with Crippen LogP contribution in [0, 0.1) is 13.8 Å². The second-order valence-corrected chi connectivity index (χ2v) is 5.52. The average molecular weight is 297 g/mol. The lowest BCUT2D eigenvalue weighted by Crippen LogP contribution is -2.15. The molecule has 0 radical (unpaired) electrons. The van der Waals surface area contributed by atoms with E-state index in [1.54, 1.807) is 0 Å². The SMILES string of the molecule is Cc1cc(OCC2CO2)cc(C)c1C(=O)Nc1ccccc1. The molecule has 1 aliphatic heterocycles. The normalized spacial score (nSPS) is 16.2. The Hall–Kier alpha value is -2.33. The molecule has 1 fully saturated rings. The fraction of sp³-hybridized carbons (Fsp3) is 0.278. The Labute approximate surface area is 130 Å². The van der Waals surface area contributed by atoms with Crippen LogP contribution in [0.5, 0.6) is 5.75 Å². The number of anilines is 1. The highest BCUT2D eigenvalue weighted by Crippen LogP contribution is 2.24. The van der Waals surface area contributed by atoms with Crippen molar-refractivity contribution in [2.45, 2.75) is 20.0 Å². The van der Waals surface area contributed by atoms with Gasteiger partial charge in [-0.05, 0) is 49.2 Å². The maximum absolute atomic E-state index is 12.5. The minimum atomic E-state index is -0.0988. The van der Waals surface area contributed by atoms with Crippen LogP contribution >= 0.6 is 0 Å². The molecule has 4 nitrogen and oxygen atoms in total. The number of rotatable bonds is 5. The van der Waals surface area contributed by atoms with E-state index in [4.69, 9.17) is 9.47 Å². The summed E-state index contributed by atoms with van der Waals surface area (Å²) in [4.78, 5) is 12.5. The summed E-state index contributed by atoms with van der Waals surface area (Å²) in [6.45, 7) is 5.19. The summed E-state index contributed by atoms with van der Waals surface area (Å²) in [6.07, 6.45) is 0.224. The van der Waals surface area contributed by atoms with E-state index in [0.717, 1.165) is 29.2 Å². The third-order valence-electron chi connectivity index (χ3n) is 3.60. The van der Waals surface area contributed by atoms with Crippen LogP contribution in [0.3, 0.4) is 0 Å². The highest BCUT2D eigenvalue weighted by Gasteiger charge is 2.23. The van der Waals surface area contributed by atoms with Crippen LogP contribution in [0.2, 0.25) is 0 Å². The molecule has 2 aromatic carbocycles. The number of nitrogens with one attached hydrogen (secondary N) is 1. The maximum Gasteiger partial charge on any atom is 0.256 e. The molecule has 0 bridgehead atoms. The molecule has 1 heterocycles. The summed E-state index contributed by atoms with van der Waals surface area (Å²) >= 11 is 0. The summed E-state index contributed by atoms with van der Waals surface area (Å²) in [5.41, 5.74) is 3.29. The Morgan fingerprint density at radius 2 is 1.86 bits per heavy atom. The van der Waals surface area contributed by atoms with E-state index in [0.29, 0.717) is 12.2 Å². The van der Waals surface area contributed by atoms with Crippen molar-refractivity contribution in [3.05, 3.63) is 59.2 Å². The zero-order chi connectivity index (χ0) is 15.5. The van der Waals surface area contributed by atoms with Crippen molar-refractivity contribution in [2.75, 3.05) is 18.5 Å².